The van der Waals surface area contributed by atoms with Crippen LogP contribution in [0.4, 0.5) is 4.39 Å². The van der Waals surface area contributed by atoms with Gasteiger partial charge in [-0.05, 0) is 30.7 Å². The maximum Gasteiger partial charge on any atom is 0.129 e. The number of ether oxygens (including phenoxy) is 1. The number of halogens is 1. The zero-order valence-electron chi connectivity index (χ0n) is 11.1. The third-order valence-corrected chi connectivity index (χ3v) is 3.07. The van der Waals surface area contributed by atoms with Crippen LogP contribution in [-0.2, 0) is 6.42 Å². The van der Waals surface area contributed by atoms with Gasteiger partial charge >= 0.3 is 0 Å². The van der Waals surface area contributed by atoms with Gasteiger partial charge in [0.2, 0.25) is 0 Å². The van der Waals surface area contributed by atoms with Crippen LogP contribution in [0, 0.1) is 12.7 Å². The molecule has 0 aliphatic carbocycles. The standard InChI is InChI=1S/C16H17FO2/c1-11-6-7-15(17)14(8-11)16(18)10-12-4-3-5-13(9-12)19-2/h3-9,16,18H,10H2,1-2H3. The molecule has 1 unspecified atom stereocenters. The van der Waals surface area contributed by atoms with Gasteiger partial charge in [0.15, 0.2) is 0 Å². The van der Waals surface area contributed by atoms with E-state index in [0.717, 1.165) is 16.9 Å². The fraction of sp³-hybridized carbons (Fsp3) is 0.250. The first-order valence-electron chi connectivity index (χ1n) is 6.17. The molecule has 0 amide bonds. The SMILES string of the molecule is COc1cccc(CC(O)c2cc(C)ccc2F)c1. The summed E-state index contributed by atoms with van der Waals surface area (Å²) in [6, 6.07) is 12.2. The summed E-state index contributed by atoms with van der Waals surface area (Å²) in [5.74, 6) is 0.357. The number of aliphatic hydroxyl groups excluding tert-OH is 1. The summed E-state index contributed by atoms with van der Waals surface area (Å²) < 4.78 is 18.8. The van der Waals surface area contributed by atoms with Gasteiger partial charge in [-0.3, -0.25) is 0 Å². The van der Waals surface area contributed by atoms with Crippen LogP contribution in [0.1, 0.15) is 22.8 Å². The summed E-state index contributed by atoms with van der Waals surface area (Å²) in [6.07, 6.45) is -0.496. The average Bonchev–Trinajstić information content (AvgIpc) is 2.41. The molecule has 2 nitrogen and oxygen atoms in total. The van der Waals surface area contributed by atoms with Gasteiger partial charge < -0.3 is 9.84 Å². The quantitative estimate of drug-likeness (QED) is 0.912. The Balaban J connectivity index is 2.20. The van der Waals surface area contributed by atoms with Crippen molar-refractivity contribution in [1.29, 1.82) is 0 Å². The van der Waals surface area contributed by atoms with Crippen molar-refractivity contribution in [1.82, 2.24) is 0 Å². The van der Waals surface area contributed by atoms with E-state index in [1.807, 2.05) is 31.2 Å². The summed E-state index contributed by atoms with van der Waals surface area (Å²) >= 11 is 0. The topological polar surface area (TPSA) is 29.5 Å². The minimum Gasteiger partial charge on any atom is -0.497 e. The number of aliphatic hydroxyl groups is 1. The molecule has 0 aliphatic rings. The summed E-state index contributed by atoms with van der Waals surface area (Å²) in [4.78, 5) is 0. The molecule has 0 heterocycles. The highest BCUT2D eigenvalue weighted by molar-refractivity contribution is 5.31. The first-order chi connectivity index (χ1) is 9.10. The van der Waals surface area contributed by atoms with E-state index in [1.54, 1.807) is 19.2 Å². The number of aryl methyl sites for hydroxylation is 1. The second-order valence-electron chi connectivity index (χ2n) is 4.60. The van der Waals surface area contributed by atoms with Gasteiger partial charge in [-0.2, -0.15) is 0 Å². The van der Waals surface area contributed by atoms with Gasteiger partial charge in [-0.25, -0.2) is 4.39 Å². The van der Waals surface area contributed by atoms with Crippen LogP contribution in [-0.4, -0.2) is 12.2 Å². The third kappa shape index (κ3) is 3.32. The van der Waals surface area contributed by atoms with Crippen LogP contribution in [0.15, 0.2) is 42.5 Å². The number of rotatable bonds is 4. The van der Waals surface area contributed by atoms with Gasteiger partial charge in [-0.15, -0.1) is 0 Å². The molecule has 0 bridgehead atoms. The van der Waals surface area contributed by atoms with Gasteiger partial charge in [0, 0.05) is 12.0 Å². The van der Waals surface area contributed by atoms with Crippen molar-refractivity contribution in [2.45, 2.75) is 19.4 Å². The Morgan fingerprint density at radius 1 is 1.21 bits per heavy atom. The Bertz CT molecular complexity index is 566. The molecular formula is C16H17FO2. The zero-order valence-corrected chi connectivity index (χ0v) is 11.1. The molecule has 0 aliphatic heterocycles. The van der Waals surface area contributed by atoms with Gasteiger partial charge in [0.1, 0.15) is 11.6 Å². The molecule has 0 fully saturated rings. The van der Waals surface area contributed by atoms with Crippen LogP contribution in [0.2, 0.25) is 0 Å². The van der Waals surface area contributed by atoms with E-state index in [0.29, 0.717) is 12.0 Å². The van der Waals surface area contributed by atoms with Crippen molar-refractivity contribution in [2.75, 3.05) is 7.11 Å². The molecule has 0 saturated carbocycles. The normalized spacial score (nSPS) is 12.2. The minimum absolute atomic E-state index is 0.336. The van der Waals surface area contributed by atoms with E-state index in [1.165, 1.54) is 6.07 Å². The van der Waals surface area contributed by atoms with Crippen LogP contribution < -0.4 is 4.74 Å². The molecule has 2 aromatic carbocycles. The lowest BCUT2D eigenvalue weighted by Gasteiger charge is -2.13. The molecule has 3 heteroatoms. The van der Waals surface area contributed by atoms with E-state index in [-0.39, 0.29) is 5.82 Å². The predicted molar refractivity (Wildman–Crippen MR) is 72.8 cm³/mol. The monoisotopic (exact) mass is 260 g/mol. The third-order valence-electron chi connectivity index (χ3n) is 3.07. The molecule has 0 aromatic heterocycles. The Hall–Kier alpha value is -1.87. The molecule has 1 atom stereocenters. The van der Waals surface area contributed by atoms with Crippen LogP contribution in [0.25, 0.3) is 0 Å². The Kier molecular flexibility index (Phi) is 4.17. The molecule has 19 heavy (non-hydrogen) atoms. The number of hydrogen-bond donors (Lipinski definition) is 1. The summed E-state index contributed by atoms with van der Waals surface area (Å²) in [6.45, 7) is 1.88. The number of methoxy groups -OCH3 is 1. The summed E-state index contributed by atoms with van der Waals surface area (Å²) in [7, 11) is 1.59. The molecule has 2 aromatic rings. The highest BCUT2D eigenvalue weighted by Crippen LogP contribution is 2.23. The number of hydrogen-bond acceptors (Lipinski definition) is 2. The Morgan fingerprint density at radius 2 is 2.00 bits per heavy atom. The van der Waals surface area contributed by atoms with Gasteiger partial charge in [0.05, 0.1) is 13.2 Å². The molecular weight excluding hydrogens is 243 g/mol. The van der Waals surface area contributed by atoms with Crippen LogP contribution >= 0.6 is 0 Å². The van der Waals surface area contributed by atoms with Crippen molar-refractivity contribution in [3.63, 3.8) is 0 Å². The lowest BCUT2D eigenvalue weighted by Crippen LogP contribution is -2.05. The van der Waals surface area contributed by atoms with Crippen molar-refractivity contribution in [3.05, 3.63) is 65.0 Å². The minimum atomic E-state index is -0.855. The molecule has 0 spiro atoms. The average molecular weight is 260 g/mol. The van der Waals surface area contributed by atoms with E-state index in [2.05, 4.69) is 0 Å². The summed E-state index contributed by atoms with van der Waals surface area (Å²) in [5, 5.41) is 10.2. The van der Waals surface area contributed by atoms with Crippen molar-refractivity contribution >= 4 is 0 Å². The van der Waals surface area contributed by atoms with E-state index < -0.39 is 6.10 Å². The van der Waals surface area contributed by atoms with Gasteiger partial charge in [0.25, 0.3) is 0 Å². The smallest absolute Gasteiger partial charge is 0.129 e. The van der Waals surface area contributed by atoms with E-state index in [9.17, 15) is 9.50 Å². The Morgan fingerprint density at radius 3 is 2.74 bits per heavy atom. The second kappa shape index (κ2) is 5.85. The number of benzene rings is 2. The van der Waals surface area contributed by atoms with E-state index in [4.69, 9.17) is 4.74 Å². The maximum absolute atomic E-state index is 13.7. The first-order valence-corrected chi connectivity index (χ1v) is 6.17. The first kappa shape index (κ1) is 13.6. The Labute approximate surface area is 112 Å². The molecule has 1 N–H and O–H groups in total. The molecule has 2 rings (SSSR count). The molecule has 0 saturated heterocycles. The predicted octanol–water partition coefficient (Wildman–Crippen LogP) is 3.42. The molecule has 0 radical (unpaired) electrons. The lowest BCUT2D eigenvalue weighted by molar-refractivity contribution is 0.173. The fourth-order valence-electron chi connectivity index (χ4n) is 2.05. The van der Waals surface area contributed by atoms with Crippen molar-refractivity contribution in [2.24, 2.45) is 0 Å². The van der Waals surface area contributed by atoms with Crippen LogP contribution in [0.3, 0.4) is 0 Å². The highest BCUT2D eigenvalue weighted by Gasteiger charge is 2.14. The van der Waals surface area contributed by atoms with Crippen molar-refractivity contribution < 1.29 is 14.2 Å². The van der Waals surface area contributed by atoms with Gasteiger partial charge in [-0.1, -0.05) is 29.8 Å². The zero-order chi connectivity index (χ0) is 13.8. The van der Waals surface area contributed by atoms with Crippen molar-refractivity contribution in [3.8, 4) is 5.75 Å². The largest absolute Gasteiger partial charge is 0.497 e. The maximum atomic E-state index is 13.7. The highest BCUT2D eigenvalue weighted by atomic mass is 19.1. The fourth-order valence-corrected chi connectivity index (χ4v) is 2.05. The summed E-state index contributed by atoms with van der Waals surface area (Å²) in [5.41, 5.74) is 2.18. The second-order valence-corrected chi connectivity index (χ2v) is 4.60. The van der Waals surface area contributed by atoms with Crippen LogP contribution in [0.5, 0.6) is 5.75 Å². The lowest BCUT2D eigenvalue weighted by atomic mass is 9.99. The molecule has 100 valence electrons. The van der Waals surface area contributed by atoms with E-state index >= 15 is 0 Å².